The topological polar surface area (TPSA) is 88.6 Å². The van der Waals surface area contributed by atoms with E-state index in [1.807, 2.05) is 41.1 Å². The Kier molecular flexibility index (Phi) is 4.39. The molecule has 0 bridgehead atoms. The molecule has 0 spiro atoms. The van der Waals surface area contributed by atoms with Crippen LogP contribution >= 0.6 is 0 Å². The maximum atomic E-state index is 14.4. The van der Waals surface area contributed by atoms with Gasteiger partial charge in [-0.05, 0) is 31.2 Å². The Morgan fingerprint density at radius 1 is 1.03 bits per heavy atom. The van der Waals surface area contributed by atoms with Crippen LogP contribution < -0.4 is 20.5 Å². The van der Waals surface area contributed by atoms with Crippen LogP contribution in [0, 0.1) is 12.7 Å². The van der Waals surface area contributed by atoms with Crippen molar-refractivity contribution < 1.29 is 12.8 Å². The Balaban J connectivity index is 2.02. The number of halogens is 1. The van der Waals surface area contributed by atoms with Crippen LogP contribution in [0.5, 0.6) is 0 Å². The molecule has 0 saturated carbocycles. The predicted octanol–water partition coefficient (Wildman–Crippen LogP) is 2.22. The third kappa shape index (κ3) is 3.06. The number of aromatic nitrogens is 1. The van der Waals surface area contributed by atoms with Crippen LogP contribution in [0.1, 0.15) is 5.56 Å². The summed E-state index contributed by atoms with van der Waals surface area (Å²) in [5.74, 6) is -0.879. The molecule has 0 fully saturated rings. The van der Waals surface area contributed by atoms with Crippen LogP contribution in [0.3, 0.4) is 0 Å². The predicted molar refractivity (Wildman–Crippen MR) is 112 cm³/mol. The Labute approximate surface area is 167 Å². The largest absolute Gasteiger partial charge is 0.371 e. The lowest BCUT2D eigenvalue weighted by atomic mass is 10.1. The first-order chi connectivity index (χ1) is 13.6. The van der Waals surface area contributed by atoms with E-state index in [1.54, 1.807) is 18.5 Å². The number of anilines is 3. The molecule has 1 aliphatic rings. The van der Waals surface area contributed by atoms with E-state index >= 15 is 0 Å². The summed E-state index contributed by atoms with van der Waals surface area (Å²) >= 11 is 0. The van der Waals surface area contributed by atoms with Crippen molar-refractivity contribution in [2.75, 3.05) is 29.9 Å². The van der Waals surface area contributed by atoms with Gasteiger partial charge in [-0.2, -0.15) is 0 Å². The third-order valence-electron chi connectivity index (χ3n) is 5.41. The molecule has 3 aromatic rings. The second kappa shape index (κ2) is 6.57. The van der Waals surface area contributed by atoms with Gasteiger partial charge < -0.3 is 14.4 Å². The number of rotatable bonds is 2. The van der Waals surface area contributed by atoms with Crippen molar-refractivity contribution >= 4 is 38.0 Å². The molecule has 29 heavy (non-hydrogen) atoms. The second-order valence-corrected chi connectivity index (χ2v) is 8.82. The highest BCUT2D eigenvalue weighted by Gasteiger charge is 2.27. The van der Waals surface area contributed by atoms with Crippen LogP contribution in [0.15, 0.2) is 46.1 Å². The van der Waals surface area contributed by atoms with Gasteiger partial charge in [-0.15, -0.1) is 0 Å². The van der Waals surface area contributed by atoms with Gasteiger partial charge in [0.1, 0.15) is 10.7 Å². The molecule has 4 rings (SSSR count). The smallest absolute Gasteiger partial charge is 0.253 e. The lowest BCUT2D eigenvalue weighted by Gasteiger charge is -2.38. The van der Waals surface area contributed by atoms with Gasteiger partial charge in [-0.1, -0.05) is 6.07 Å². The molecule has 7 nitrogen and oxygen atoms in total. The number of hydrogen-bond donors (Lipinski definition) is 1. The molecule has 0 saturated heterocycles. The van der Waals surface area contributed by atoms with Gasteiger partial charge in [0.25, 0.3) is 5.56 Å². The summed E-state index contributed by atoms with van der Waals surface area (Å²) < 4.78 is 39.8. The molecule has 1 aliphatic heterocycles. The lowest BCUT2D eigenvalue weighted by Crippen LogP contribution is -2.37. The number of sulfonamides is 1. The average Bonchev–Trinajstić information content (AvgIpc) is 2.65. The number of pyridine rings is 1. The lowest BCUT2D eigenvalue weighted by molar-refractivity contribution is 0.567. The van der Waals surface area contributed by atoms with E-state index in [4.69, 9.17) is 5.14 Å². The van der Waals surface area contributed by atoms with Crippen molar-refractivity contribution in [3.8, 4) is 0 Å². The summed E-state index contributed by atoms with van der Waals surface area (Å²) in [5.41, 5.74) is 3.20. The number of likely N-dealkylation sites (N-methyl/N-ethyl adjacent to an activating group) is 1. The molecule has 0 aliphatic carbocycles. The van der Waals surface area contributed by atoms with Crippen molar-refractivity contribution in [1.82, 2.24) is 4.57 Å². The summed E-state index contributed by atoms with van der Waals surface area (Å²) in [6.07, 6.45) is 0. The molecule has 9 heteroatoms. The van der Waals surface area contributed by atoms with Crippen LogP contribution in [0.2, 0.25) is 0 Å². The Hall–Kier alpha value is -2.91. The minimum Gasteiger partial charge on any atom is -0.371 e. The monoisotopic (exact) mass is 416 g/mol. The average molecular weight is 416 g/mol. The van der Waals surface area contributed by atoms with E-state index in [0.29, 0.717) is 30.0 Å². The van der Waals surface area contributed by atoms with Crippen LogP contribution in [-0.2, 0) is 17.1 Å². The number of aryl methyl sites for hydroxylation is 2. The fourth-order valence-corrected chi connectivity index (χ4v) is 4.49. The summed E-state index contributed by atoms with van der Waals surface area (Å²) in [7, 11) is -0.679. The van der Waals surface area contributed by atoms with E-state index in [1.165, 1.54) is 12.1 Å². The van der Waals surface area contributed by atoms with Gasteiger partial charge in [0.15, 0.2) is 0 Å². The quantitative estimate of drug-likeness (QED) is 0.692. The van der Waals surface area contributed by atoms with E-state index < -0.39 is 20.7 Å². The highest BCUT2D eigenvalue weighted by molar-refractivity contribution is 7.89. The third-order valence-corrected chi connectivity index (χ3v) is 6.34. The first-order valence-corrected chi connectivity index (χ1v) is 10.6. The molecule has 152 valence electrons. The van der Waals surface area contributed by atoms with Crippen molar-refractivity contribution in [2.45, 2.75) is 11.8 Å². The fourth-order valence-electron chi connectivity index (χ4n) is 3.88. The van der Waals surface area contributed by atoms with Gasteiger partial charge in [0.2, 0.25) is 10.0 Å². The summed E-state index contributed by atoms with van der Waals surface area (Å²) in [4.78, 5) is 15.6. The van der Waals surface area contributed by atoms with Crippen molar-refractivity contribution in [3.63, 3.8) is 0 Å². The Morgan fingerprint density at radius 3 is 2.45 bits per heavy atom. The van der Waals surface area contributed by atoms with Crippen molar-refractivity contribution in [3.05, 3.63) is 58.1 Å². The maximum absolute atomic E-state index is 14.4. The molecule has 0 unspecified atom stereocenters. The summed E-state index contributed by atoms with van der Waals surface area (Å²) in [6.45, 7) is 2.92. The van der Waals surface area contributed by atoms with Crippen molar-refractivity contribution in [2.24, 2.45) is 12.2 Å². The molecule has 2 heterocycles. The SMILES string of the molecule is Cc1cc2c(N3CCN(C)c4cc(F)c(S(N)(=O)=O)cc43)cccc2n(C)c1=O. The zero-order valence-electron chi connectivity index (χ0n) is 16.3. The minimum absolute atomic E-state index is 0.0768. The maximum Gasteiger partial charge on any atom is 0.253 e. The molecular formula is C20H21FN4O3S. The van der Waals surface area contributed by atoms with E-state index in [-0.39, 0.29) is 5.56 Å². The van der Waals surface area contributed by atoms with Crippen molar-refractivity contribution in [1.29, 1.82) is 0 Å². The Bertz CT molecular complexity index is 1320. The van der Waals surface area contributed by atoms with Gasteiger partial charge in [-0.3, -0.25) is 4.79 Å². The highest BCUT2D eigenvalue weighted by atomic mass is 32.2. The first kappa shape index (κ1) is 19.4. The van der Waals surface area contributed by atoms with Gasteiger partial charge in [0, 0.05) is 44.2 Å². The fraction of sp³-hybridized carbons (Fsp3) is 0.250. The second-order valence-electron chi connectivity index (χ2n) is 7.29. The van der Waals surface area contributed by atoms with Gasteiger partial charge in [-0.25, -0.2) is 17.9 Å². The molecule has 1 aromatic heterocycles. The van der Waals surface area contributed by atoms with Gasteiger partial charge >= 0.3 is 0 Å². The standard InChI is InChI=1S/C20H21FN4O3S/c1-12-9-13-15(24(3)20(12)26)5-4-6-16(13)25-8-7-23(2)17-10-14(21)19(11-18(17)25)29(22,27)28/h4-6,9-11H,7-8H2,1-3H3,(H2,22,27,28). The van der Waals surface area contributed by atoms with E-state index in [2.05, 4.69) is 0 Å². The molecule has 2 N–H and O–H groups in total. The number of nitrogens with two attached hydrogens (primary N) is 1. The molecule has 0 radical (unpaired) electrons. The summed E-state index contributed by atoms with van der Waals surface area (Å²) in [5, 5.41) is 6.07. The van der Waals surface area contributed by atoms with E-state index in [0.717, 1.165) is 16.6 Å². The van der Waals surface area contributed by atoms with E-state index in [9.17, 15) is 17.6 Å². The first-order valence-electron chi connectivity index (χ1n) is 9.04. The normalized spacial score (nSPS) is 14.4. The van der Waals surface area contributed by atoms with Crippen LogP contribution in [0.25, 0.3) is 10.9 Å². The highest BCUT2D eigenvalue weighted by Crippen LogP contribution is 2.41. The molecule has 0 amide bonds. The zero-order valence-corrected chi connectivity index (χ0v) is 17.1. The molecule has 0 atom stereocenters. The van der Waals surface area contributed by atoms with Crippen LogP contribution in [-0.4, -0.2) is 33.1 Å². The minimum atomic E-state index is -4.22. The molecular weight excluding hydrogens is 395 g/mol. The number of benzene rings is 2. The summed E-state index contributed by atoms with van der Waals surface area (Å²) in [6, 6.07) is 9.92. The van der Waals surface area contributed by atoms with Gasteiger partial charge in [0.05, 0.1) is 22.6 Å². The number of hydrogen-bond acceptors (Lipinski definition) is 5. The number of primary sulfonamides is 1. The zero-order chi connectivity index (χ0) is 21.1. The molecule has 2 aromatic carbocycles. The van der Waals surface area contributed by atoms with Crippen LogP contribution in [0.4, 0.5) is 21.5 Å². The Morgan fingerprint density at radius 2 is 1.76 bits per heavy atom. The number of fused-ring (bicyclic) bond motifs is 2. The number of nitrogens with zero attached hydrogens (tertiary/aromatic N) is 3.